The highest BCUT2D eigenvalue weighted by molar-refractivity contribution is 6.03. The number of aromatic nitrogens is 2. The largest absolute Gasteiger partial charge is 0.338 e. The number of amides is 1. The minimum absolute atomic E-state index is 0.213. The van der Waals surface area contributed by atoms with E-state index in [9.17, 15) is 4.79 Å². The number of nitrogens with zero attached hydrogens (tertiary/aromatic N) is 3. The summed E-state index contributed by atoms with van der Waals surface area (Å²) >= 11 is 0. The Morgan fingerprint density at radius 2 is 1.73 bits per heavy atom. The third-order valence-corrected chi connectivity index (χ3v) is 4.06. The van der Waals surface area contributed by atoms with Crippen molar-refractivity contribution in [2.24, 2.45) is 0 Å². The lowest BCUT2D eigenvalue weighted by atomic mass is 10.1. The Hall–Kier alpha value is -3.72. The highest BCUT2D eigenvalue weighted by Gasteiger charge is 2.11. The number of rotatable bonds is 4. The van der Waals surface area contributed by atoms with Crippen LogP contribution in [0.4, 0.5) is 17.2 Å². The molecule has 1 amide bonds. The fraction of sp³-hybridized carbons (Fsp3) is 0.100. The van der Waals surface area contributed by atoms with Gasteiger partial charge in [0.25, 0.3) is 5.91 Å². The first-order valence-corrected chi connectivity index (χ1v) is 8.06. The van der Waals surface area contributed by atoms with E-state index in [2.05, 4.69) is 26.9 Å². The molecular weight excluding hydrogens is 326 g/mol. The molecule has 0 saturated carbocycles. The molecule has 6 heteroatoms. The Bertz CT molecular complexity index is 990. The molecule has 0 atom stereocenters. The van der Waals surface area contributed by atoms with Crippen molar-refractivity contribution in [1.82, 2.24) is 10.2 Å². The normalized spacial score (nSPS) is 10.0. The summed E-state index contributed by atoms with van der Waals surface area (Å²) in [5.74, 6) is 0.131. The van der Waals surface area contributed by atoms with Gasteiger partial charge in [-0.2, -0.15) is 5.26 Å². The van der Waals surface area contributed by atoms with Gasteiger partial charge in [-0.1, -0.05) is 24.3 Å². The Balaban J connectivity index is 1.74. The monoisotopic (exact) mass is 343 g/mol. The summed E-state index contributed by atoms with van der Waals surface area (Å²) in [5, 5.41) is 23.0. The van der Waals surface area contributed by atoms with Gasteiger partial charge >= 0.3 is 0 Å². The average Bonchev–Trinajstić information content (AvgIpc) is 2.66. The van der Waals surface area contributed by atoms with Crippen LogP contribution in [0.15, 0.2) is 54.6 Å². The van der Waals surface area contributed by atoms with Gasteiger partial charge in [0.15, 0.2) is 11.5 Å². The van der Waals surface area contributed by atoms with E-state index < -0.39 is 0 Å². The number of benzene rings is 2. The maximum atomic E-state index is 12.4. The van der Waals surface area contributed by atoms with Gasteiger partial charge in [0.1, 0.15) is 6.07 Å². The number of anilines is 3. The van der Waals surface area contributed by atoms with Gasteiger partial charge in [0.2, 0.25) is 0 Å². The first-order chi connectivity index (χ1) is 12.6. The highest BCUT2D eigenvalue weighted by Crippen LogP contribution is 2.20. The SMILES string of the molecule is Cc1cccc(NC(=O)c2ccc(Nc3ccccc3C#N)nn2)c1C. The smallest absolute Gasteiger partial charge is 0.276 e. The van der Waals surface area contributed by atoms with Gasteiger partial charge in [-0.15, -0.1) is 10.2 Å². The van der Waals surface area contributed by atoms with Crippen molar-refractivity contribution in [3.8, 4) is 6.07 Å². The van der Waals surface area contributed by atoms with Crippen LogP contribution >= 0.6 is 0 Å². The molecule has 128 valence electrons. The number of carbonyl (C=O) groups is 1. The molecule has 0 unspecified atom stereocenters. The van der Waals surface area contributed by atoms with Crippen LogP contribution in [0.2, 0.25) is 0 Å². The summed E-state index contributed by atoms with van der Waals surface area (Å²) < 4.78 is 0. The predicted molar refractivity (Wildman–Crippen MR) is 100 cm³/mol. The number of aryl methyl sites for hydroxylation is 1. The molecule has 0 aliphatic carbocycles. The molecule has 0 fully saturated rings. The fourth-order valence-electron chi connectivity index (χ4n) is 2.42. The fourth-order valence-corrected chi connectivity index (χ4v) is 2.42. The van der Waals surface area contributed by atoms with E-state index >= 15 is 0 Å². The molecule has 3 rings (SSSR count). The second-order valence-corrected chi connectivity index (χ2v) is 5.79. The Kier molecular flexibility index (Phi) is 4.90. The van der Waals surface area contributed by atoms with Crippen molar-refractivity contribution in [2.45, 2.75) is 13.8 Å². The molecular formula is C20H17N5O. The van der Waals surface area contributed by atoms with Gasteiger partial charge in [-0.3, -0.25) is 4.79 Å². The number of hydrogen-bond donors (Lipinski definition) is 2. The summed E-state index contributed by atoms with van der Waals surface area (Å²) in [6.45, 7) is 3.95. The number of nitrogens with one attached hydrogen (secondary N) is 2. The highest BCUT2D eigenvalue weighted by atomic mass is 16.1. The van der Waals surface area contributed by atoms with Gasteiger partial charge in [-0.05, 0) is 55.3 Å². The molecule has 0 radical (unpaired) electrons. The maximum Gasteiger partial charge on any atom is 0.276 e. The lowest BCUT2D eigenvalue weighted by Crippen LogP contribution is -2.15. The lowest BCUT2D eigenvalue weighted by Gasteiger charge is -2.10. The van der Waals surface area contributed by atoms with Gasteiger partial charge in [0.05, 0.1) is 11.3 Å². The summed E-state index contributed by atoms with van der Waals surface area (Å²) in [6, 6.07) is 18.2. The Morgan fingerprint density at radius 3 is 2.46 bits per heavy atom. The molecule has 2 N–H and O–H groups in total. The van der Waals surface area contributed by atoms with E-state index in [0.717, 1.165) is 16.8 Å². The lowest BCUT2D eigenvalue weighted by molar-refractivity contribution is 0.102. The minimum atomic E-state index is -0.324. The van der Waals surface area contributed by atoms with Crippen molar-refractivity contribution >= 4 is 23.1 Å². The van der Waals surface area contributed by atoms with Gasteiger partial charge in [-0.25, -0.2) is 0 Å². The van der Waals surface area contributed by atoms with Gasteiger partial charge in [0, 0.05) is 5.69 Å². The summed E-state index contributed by atoms with van der Waals surface area (Å²) in [6.07, 6.45) is 0. The molecule has 26 heavy (non-hydrogen) atoms. The zero-order valence-corrected chi connectivity index (χ0v) is 14.4. The van der Waals surface area contributed by atoms with Crippen LogP contribution in [0.25, 0.3) is 0 Å². The molecule has 3 aromatic rings. The van der Waals surface area contributed by atoms with Crippen molar-refractivity contribution in [3.63, 3.8) is 0 Å². The van der Waals surface area contributed by atoms with Crippen molar-refractivity contribution in [1.29, 1.82) is 5.26 Å². The van der Waals surface area contributed by atoms with Crippen LogP contribution in [0, 0.1) is 25.2 Å². The summed E-state index contributed by atoms with van der Waals surface area (Å²) in [7, 11) is 0. The number of carbonyl (C=O) groups excluding carboxylic acids is 1. The molecule has 1 heterocycles. The van der Waals surface area contributed by atoms with Crippen molar-refractivity contribution in [3.05, 3.63) is 77.0 Å². The van der Waals surface area contributed by atoms with E-state index in [1.807, 2.05) is 38.1 Å². The molecule has 0 aliphatic rings. The van der Waals surface area contributed by atoms with Crippen molar-refractivity contribution in [2.75, 3.05) is 10.6 Å². The molecule has 0 bridgehead atoms. The molecule has 0 aliphatic heterocycles. The van der Waals surface area contributed by atoms with E-state index in [-0.39, 0.29) is 11.6 Å². The number of para-hydroxylation sites is 1. The van der Waals surface area contributed by atoms with Crippen LogP contribution in [0.5, 0.6) is 0 Å². The summed E-state index contributed by atoms with van der Waals surface area (Å²) in [4.78, 5) is 12.4. The van der Waals surface area contributed by atoms with Crippen LogP contribution in [-0.2, 0) is 0 Å². The Morgan fingerprint density at radius 1 is 0.962 bits per heavy atom. The maximum absolute atomic E-state index is 12.4. The number of hydrogen-bond acceptors (Lipinski definition) is 5. The van der Waals surface area contributed by atoms with E-state index in [4.69, 9.17) is 5.26 Å². The third kappa shape index (κ3) is 3.68. The zero-order valence-electron chi connectivity index (χ0n) is 14.4. The second kappa shape index (κ2) is 7.45. The van der Waals surface area contributed by atoms with Crippen LogP contribution in [0.3, 0.4) is 0 Å². The topological polar surface area (TPSA) is 90.7 Å². The minimum Gasteiger partial charge on any atom is -0.338 e. The zero-order chi connectivity index (χ0) is 18.5. The van der Waals surface area contributed by atoms with Crippen LogP contribution in [0.1, 0.15) is 27.2 Å². The van der Waals surface area contributed by atoms with E-state index in [1.54, 1.807) is 30.3 Å². The second-order valence-electron chi connectivity index (χ2n) is 5.79. The van der Waals surface area contributed by atoms with Crippen LogP contribution < -0.4 is 10.6 Å². The quantitative estimate of drug-likeness (QED) is 0.748. The third-order valence-electron chi connectivity index (χ3n) is 4.06. The molecule has 0 spiro atoms. The summed E-state index contributed by atoms with van der Waals surface area (Å²) in [5.41, 5.74) is 4.22. The van der Waals surface area contributed by atoms with Crippen LogP contribution in [-0.4, -0.2) is 16.1 Å². The van der Waals surface area contributed by atoms with Crippen molar-refractivity contribution < 1.29 is 4.79 Å². The standard InChI is InChI=1S/C20H17N5O/c1-13-6-5-9-16(14(13)2)23-20(26)18-10-11-19(25-24-18)22-17-8-4-3-7-15(17)12-21/h3-11H,1-2H3,(H,22,25)(H,23,26). The molecule has 6 nitrogen and oxygen atoms in total. The molecule has 2 aromatic carbocycles. The number of nitriles is 1. The first kappa shape index (κ1) is 17.1. The Labute approximate surface area is 151 Å². The predicted octanol–water partition coefficient (Wildman–Crippen LogP) is 3.96. The van der Waals surface area contributed by atoms with Gasteiger partial charge < -0.3 is 10.6 Å². The molecule has 0 saturated heterocycles. The first-order valence-electron chi connectivity index (χ1n) is 8.06. The average molecular weight is 343 g/mol. The van der Waals surface area contributed by atoms with E-state index in [1.165, 1.54) is 0 Å². The molecule has 1 aromatic heterocycles. The van der Waals surface area contributed by atoms with E-state index in [0.29, 0.717) is 17.1 Å².